The van der Waals surface area contributed by atoms with Crippen LogP contribution < -0.4 is 4.74 Å². The molecule has 0 aliphatic carbocycles. The number of carbonyl (C=O) groups excluding carboxylic acids is 2. The lowest BCUT2D eigenvalue weighted by Crippen LogP contribution is -2.28. The molecule has 0 saturated heterocycles. The van der Waals surface area contributed by atoms with Crippen LogP contribution in [0.1, 0.15) is 23.0 Å². The van der Waals surface area contributed by atoms with Gasteiger partial charge in [-0.25, -0.2) is 9.18 Å². The van der Waals surface area contributed by atoms with Crippen LogP contribution in [0.3, 0.4) is 0 Å². The van der Waals surface area contributed by atoms with Crippen molar-refractivity contribution in [3.05, 3.63) is 65.6 Å². The van der Waals surface area contributed by atoms with Crippen molar-refractivity contribution < 1.29 is 23.5 Å². The van der Waals surface area contributed by atoms with E-state index in [0.717, 1.165) is 16.6 Å². The van der Waals surface area contributed by atoms with E-state index in [4.69, 9.17) is 9.47 Å². The monoisotopic (exact) mass is 355 g/mol. The summed E-state index contributed by atoms with van der Waals surface area (Å²) in [6.07, 6.45) is -0.919. The fourth-order valence-corrected chi connectivity index (χ4v) is 2.73. The minimum absolute atomic E-state index is 0.290. The number of benzene rings is 2. The van der Waals surface area contributed by atoms with Gasteiger partial charge in [-0.05, 0) is 44.2 Å². The van der Waals surface area contributed by atoms with Gasteiger partial charge in [0.1, 0.15) is 11.6 Å². The second-order valence-electron chi connectivity index (χ2n) is 5.92. The van der Waals surface area contributed by atoms with Gasteiger partial charge in [-0.3, -0.25) is 4.79 Å². The maximum atomic E-state index is 12.9. The number of hydrogen-bond acceptors (Lipinski definition) is 4. The molecule has 5 nitrogen and oxygen atoms in total. The molecular weight excluding hydrogens is 337 g/mol. The largest absolute Gasteiger partial charge is 0.479 e. The van der Waals surface area contributed by atoms with Gasteiger partial charge >= 0.3 is 5.97 Å². The summed E-state index contributed by atoms with van der Waals surface area (Å²) >= 11 is 0. The van der Waals surface area contributed by atoms with Crippen LogP contribution in [0.5, 0.6) is 5.75 Å². The summed E-state index contributed by atoms with van der Waals surface area (Å²) in [5.41, 5.74) is 2.09. The lowest BCUT2D eigenvalue weighted by Gasteiger charge is -2.13. The summed E-state index contributed by atoms with van der Waals surface area (Å²) in [6.45, 7) is 2.93. The Kier molecular flexibility index (Phi) is 5.02. The van der Waals surface area contributed by atoms with Crippen LogP contribution in [0.25, 0.3) is 10.9 Å². The Labute approximate surface area is 149 Å². The molecule has 1 aromatic heterocycles. The third-order valence-electron chi connectivity index (χ3n) is 3.98. The molecule has 0 fully saturated rings. The molecule has 0 radical (unpaired) electrons. The Morgan fingerprint density at radius 1 is 1.12 bits per heavy atom. The number of nitrogens with one attached hydrogen (secondary N) is 1. The number of aromatic amines is 1. The number of fused-ring (bicyclic) bond motifs is 1. The number of aryl methyl sites for hydroxylation is 1. The van der Waals surface area contributed by atoms with Crippen LogP contribution in [0.15, 0.2) is 48.5 Å². The molecule has 3 rings (SSSR count). The van der Waals surface area contributed by atoms with Gasteiger partial charge < -0.3 is 14.5 Å². The van der Waals surface area contributed by atoms with Crippen LogP contribution in [0.4, 0.5) is 4.39 Å². The molecule has 3 aromatic rings. The van der Waals surface area contributed by atoms with Crippen molar-refractivity contribution in [3.8, 4) is 5.75 Å². The van der Waals surface area contributed by atoms with Crippen molar-refractivity contribution in [1.29, 1.82) is 0 Å². The van der Waals surface area contributed by atoms with Crippen molar-refractivity contribution in [3.63, 3.8) is 0 Å². The number of halogens is 1. The average molecular weight is 355 g/mol. The van der Waals surface area contributed by atoms with Gasteiger partial charge in [-0.15, -0.1) is 0 Å². The molecule has 0 bridgehead atoms. The molecule has 6 heteroatoms. The van der Waals surface area contributed by atoms with Crippen LogP contribution in [-0.4, -0.2) is 29.4 Å². The number of rotatable bonds is 6. The minimum Gasteiger partial charge on any atom is -0.479 e. The molecule has 0 amide bonds. The van der Waals surface area contributed by atoms with E-state index in [1.807, 2.05) is 24.3 Å². The first-order chi connectivity index (χ1) is 12.5. The van der Waals surface area contributed by atoms with Gasteiger partial charge in [0, 0.05) is 22.2 Å². The van der Waals surface area contributed by atoms with Crippen molar-refractivity contribution in [2.75, 3.05) is 6.61 Å². The van der Waals surface area contributed by atoms with E-state index in [1.165, 1.54) is 31.2 Å². The second-order valence-corrected chi connectivity index (χ2v) is 5.92. The van der Waals surface area contributed by atoms with Crippen molar-refractivity contribution in [2.24, 2.45) is 0 Å². The third-order valence-corrected chi connectivity index (χ3v) is 3.98. The minimum atomic E-state index is -0.919. The predicted molar refractivity (Wildman–Crippen MR) is 94.8 cm³/mol. The summed E-state index contributed by atoms with van der Waals surface area (Å²) in [4.78, 5) is 27.7. The zero-order valence-electron chi connectivity index (χ0n) is 14.4. The predicted octanol–water partition coefficient (Wildman–Crippen LogP) is 3.81. The van der Waals surface area contributed by atoms with E-state index < -0.39 is 17.9 Å². The maximum absolute atomic E-state index is 12.9. The van der Waals surface area contributed by atoms with Gasteiger partial charge in [0.25, 0.3) is 0 Å². The van der Waals surface area contributed by atoms with E-state index in [2.05, 4.69) is 4.98 Å². The SMILES string of the molecule is Cc1[nH]c2ccccc2c1C(=O)COC(=O)[C@@H](C)Oc1ccc(F)cc1. The van der Waals surface area contributed by atoms with Crippen LogP contribution >= 0.6 is 0 Å². The Bertz CT molecular complexity index is 946. The zero-order valence-corrected chi connectivity index (χ0v) is 14.4. The number of para-hydroxylation sites is 1. The Morgan fingerprint density at radius 2 is 1.81 bits per heavy atom. The molecule has 0 aliphatic rings. The van der Waals surface area contributed by atoms with Crippen LogP contribution in [-0.2, 0) is 9.53 Å². The molecular formula is C20H18FNO4. The van der Waals surface area contributed by atoms with E-state index in [0.29, 0.717) is 11.3 Å². The molecule has 1 heterocycles. The fourth-order valence-electron chi connectivity index (χ4n) is 2.73. The number of Topliss-reactive ketones (excluding diaryl/α,β-unsaturated/α-hetero) is 1. The summed E-state index contributed by atoms with van der Waals surface area (Å²) < 4.78 is 23.4. The highest BCUT2D eigenvalue weighted by molar-refractivity contribution is 6.10. The summed E-state index contributed by atoms with van der Waals surface area (Å²) in [5, 5.41) is 0.793. The number of hydrogen-bond donors (Lipinski definition) is 1. The molecule has 0 unspecified atom stereocenters. The number of carbonyl (C=O) groups is 2. The molecule has 26 heavy (non-hydrogen) atoms. The molecule has 0 aliphatic heterocycles. The van der Waals surface area contributed by atoms with Crippen LogP contribution in [0, 0.1) is 12.7 Å². The van der Waals surface area contributed by atoms with Crippen molar-refractivity contribution in [1.82, 2.24) is 4.98 Å². The zero-order chi connectivity index (χ0) is 18.7. The fraction of sp³-hybridized carbons (Fsp3) is 0.200. The van der Waals surface area contributed by atoms with E-state index in [9.17, 15) is 14.0 Å². The smallest absolute Gasteiger partial charge is 0.347 e. The quantitative estimate of drug-likeness (QED) is 0.539. The number of ether oxygens (including phenoxy) is 2. The van der Waals surface area contributed by atoms with Gasteiger partial charge in [0.05, 0.1) is 0 Å². The topological polar surface area (TPSA) is 68.4 Å². The number of H-pyrrole nitrogens is 1. The second kappa shape index (κ2) is 7.39. The highest BCUT2D eigenvalue weighted by Gasteiger charge is 2.21. The molecule has 0 spiro atoms. The lowest BCUT2D eigenvalue weighted by molar-refractivity contribution is -0.149. The van der Waals surface area contributed by atoms with E-state index in [1.54, 1.807) is 6.92 Å². The van der Waals surface area contributed by atoms with Gasteiger partial charge in [0.2, 0.25) is 5.78 Å². The van der Waals surface area contributed by atoms with Gasteiger partial charge in [-0.2, -0.15) is 0 Å². The lowest BCUT2D eigenvalue weighted by atomic mass is 10.1. The molecule has 1 atom stereocenters. The highest BCUT2D eigenvalue weighted by atomic mass is 19.1. The van der Waals surface area contributed by atoms with Crippen molar-refractivity contribution >= 4 is 22.7 Å². The normalized spacial score (nSPS) is 12.0. The maximum Gasteiger partial charge on any atom is 0.347 e. The molecule has 134 valence electrons. The standard InChI is InChI=1S/C20H18FNO4/c1-12-19(16-5-3-4-6-17(16)22-12)18(23)11-25-20(24)13(2)26-15-9-7-14(21)8-10-15/h3-10,13,22H,11H2,1-2H3/t13-/m1/s1. The Hall–Kier alpha value is -3.15. The first-order valence-corrected chi connectivity index (χ1v) is 8.15. The van der Waals surface area contributed by atoms with Crippen molar-refractivity contribution in [2.45, 2.75) is 20.0 Å². The van der Waals surface area contributed by atoms with Gasteiger partial charge in [0.15, 0.2) is 12.7 Å². The summed E-state index contributed by atoms with van der Waals surface area (Å²) in [5.74, 6) is -1.01. The molecule has 1 N–H and O–H groups in total. The van der Waals surface area contributed by atoms with E-state index in [-0.39, 0.29) is 12.4 Å². The van der Waals surface area contributed by atoms with Gasteiger partial charge in [-0.1, -0.05) is 18.2 Å². The highest BCUT2D eigenvalue weighted by Crippen LogP contribution is 2.22. The number of esters is 1. The summed E-state index contributed by atoms with van der Waals surface area (Å²) in [6, 6.07) is 12.7. The Morgan fingerprint density at radius 3 is 2.54 bits per heavy atom. The molecule has 0 saturated carbocycles. The third kappa shape index (κ3) is 3.74. The number of ketones is 1. The Balaban J connectivity index is 1.62. The summed E-state index contributed by atoms with van der Waals surface area (Å²) in [7, 11) is 0. The van der Waals surface area contributed by atoms with E-state index >= 15 is 0 Å². The molecule has 2 aromatic carbocycles. The first kappa shape index (κ1) is 17.7. The number of aromatic nitrogens is 1. The first-order valence-electron chi connectivity index (χ1n) is 8.15. The van der Waals surface area contributed by atoms with Crippen LogP contribution in [0.2, 0.25) is 0 Å². The average Bonchev–Trinajstić information content (AvgIpc) is 2.97.